The minimum Gasteiger partial charge on any atom is -0.489 e. The van der Waals surface area contributed by atoms with Crippen molar-refractivity contribution in [1.29, 1.82) is 0 Å². The summed E-state index contributed by atoms with van der Waals surface area (Å²) in [7, 11) is 0. The Morgan fingerprint density at radius 3 is 2.83 bits per heavy atom. The minimum atomic E-state index is -3.05. The van der Waals surface area contributed by atoms with Gasteiger partial charge in [-0.2, -0.15) is 0 Å². The predicted octanol–water partition coefficient (Wildman–Crippen LogP) is 3.94. The summed E-state index contributed by atoms with van der Waals surface area (Å²) in [6.07, 6.45) is 0. The minimum absolute atomic E-state index is 0.0346. The third kappa shape index (κ3) is 3.72. The van der Waals surface area contributed by atoms with Gasteiger partial charge in [0, 0.05) is 17.5 Å². The van der Waals surface area contributed by atoms with Crippen LogP contribution in [0.5, 0.6) is 5.75 Å². The van der Waals surface area contributed by atoms with Gasteiger partial charge in [-0.25, -0.2) is 17.6 Å². The number of hydrogen-bond donors (Lipinski definition) is 2. The van der Waals surface area contributed by atoms with Crippen LogP contribution in [0.3, 0.4) is 0 Å². The highest BCUT2D eigenvalue weighted by atomic mass is 19.3. The number of nitrogens with one attached hydrogen (secondary N) is 2. The lowest BCUT2D eigenvalue weighted by Crippen LogP contribution is -2.46. The molecule has 1 atom stereocenters. The van der Waals surface area contributed by atoms with E-state index in [2.05, 4.69) is 10.6 Å². The van der Waals surface area contributed by atoms with E-state index in [1.54, 1.807) is 19.1 Å². The molecule has 158 valence electrons. The second-order valence-electron chi connectivity index (χ2n) is 7.11. The van der Waals surface area contributed by atoms with Gasteiger partial charge in [0.2, 0.25) is 0 Å². The summed E-state index contributed by atoms with van der Waals surface area (Å²) in [5, 5.41) is 5.27. The molecule has 1 aliphatic heterocycles. The Kier molecular flexibility index (Phi) is 5.15. The van der Waals surface area contributed by atoms with E-state index in [-0.39, 0.29) is 35.8 Å². The largest absolute Gasteiger partial charge is 0.489 e. The SMILES string of the molecule is Cc1oc2ccc(OCc3cccc(F)c3F)cc2c1C(=O)NC1CNCC1(F)F. The lowest BCUT2D eigenvalue weighted by molar-refractivity contribution is -0.00247. The van der Waals surface area contributed by atoms with Crippen LogP contribution >= 0.6 is 0 Å². The standard InChI is InChI=1S/C21H18F4N2O3/c1-11-18(20(28)27-17-8-26-10-21(17,24)25)14-7-13(5-6-16(14)30-11)29-9-12-3-2-4-15(22)19(12)23/h2-7,17,26H,8-10H2,1H3,(H,27,28). The summed E-state index contributed by atoms with van der Waals surface area (Å²) >= 11 is 0. The molecule has 9 heteroatoms. The number of ether oxygens (including phenoxy) is 1. The van der Waals surface area contributed by atoms with Crippen molar-refractivity contribution in [3.63, 3.8) is 0 Å². The van der Waals surface area contributed by atoms with E-state index in [0.717, 1.165) is 6.07 Å². The average molecular weight is 422 g/mol. The van der Waals surface area contributed by atoms with E-state index in [1.807, 2.05) is 0 Å². The highest BCUT2D eigenvalue weighted by Gasteiger charge is 2.45. The number of furan rings is 1. The number of aryl methyl sites for hydroxylation is 1. The van der Waals surface area contributed by atoms with Crippen molar-refractivity contribution < 1.29 is 31.5 Å². The van der Waals surface area contributed by atoms with Gasteiger partial charge >= 0.3 is 0 Å². The second-order valence-corrected chi connectivity index (χ2v) is 7.11. The maximum Gasteiger partial charge on any atom is 0.281 e. The Hall–Kier alpha value is -3.07. The maximum absolute atomic E-state index is 13.8. The quantitative estimate of drug-likeness (QED) is 0.612. The van der Waals surface area contributed by atoms with Gasteiger partial charge in [0.1, 0.15) is 29.7 Å². The summed E-state index contributed by atoms with van der Waals surface area (Å²) in [6, 6.07) is 7.06. The zero-order chi connectivity index (χ0) is 21.5. The molecule has 0 aliphatic carbocycles. The first kappa shape index (κ1) is 20.2. The molecule has 1 aromatic heterocycles. The molecule has 1 aliphatic rings. The van der Waals surface area contributed by atoms with Crippen molar-refractivity contribution in [1.82, 2.24) is 10.6 Å². The number of carbonyl (C=O) groups is 1. The van der Waals surface area contributed by atoms with E-state index < -0.39 is 36.1 Å². The third-order valence-corrected chi connectivity index (χ3v) is 5.01. The number of benzene rings is 2. The molecule has 0 radical (unpaired) electrons. The van der Waals surface area contributed by atoms with Crippen molar-refractivity contribution in [3.8, 4) is 5.75 Å². The van der Waals surface area contributed by atoms with E-state index >= 15 is 0 Å². The van der Waals surface area contributed by atoms with Crippen LogP contribution in [0.4, 0.5) is 17.6 Å². The van der Waals surface area contributed by atoms with E-state index in [1.165, 1.54) is 18.2 Å². The summed E-state index contributed by atoms with van der Waals surface area (Å²) in [5.74, 6) is -5.16. The molecule has 2 heterocycles. The van der Waals surface area contributed by atoms with Gasteiger partial charge in [-0.05, 0) is 31.2 Å². The van der Waals surface area contributed by atoms with Crippen LogP contribution in [0.15, 0.2) is 40.8 Å². The van der Waals surface area contributed by atoms with Gasteiger partial charge in [0.25, 0.3) is 11.8 Å². The van der Waals surface area contributed by atoms with Crippen molar-refractivity contribution in [2.75, 3.05) is 13.1 Å². The fourth-order valence-electron chi connectivity index (χ4n) is 3.43. The topological polar surface area (TPSA) is 63.5 Å². The van der Waals surface area contributed by atoms with Gasteiger partial charge in [-0.3, -0.25) is 4.79 Å². The lowest BCUT2D eigenvalue weighted by Gasteiger charge is -2.19. The van der Waals surface area contributed by atoms with Crippen molar-refractivity contribution in [2.24, 2.45) is 0 Å². The number of halogens is 4. The Bertz CT molecular complexity index is 1110. The molecule has 1 amide bonds. The number of rotatable bonds is 5. The summed E-state index contributed by atoms with van der Waals surface area (Å²) in [4.78, 5) is 12.7. The summed E-state index contributed by atoms with van der Waals surface area (Å²) in [5.41, 5.74) is 0.528. The lowest BCUT2D eigenvalue weighted by atomic mass is 10.1. The van der Waals surface area contributed by atoms with E-state index in [9.17, 15) is 22.4 Å². The highest BCUT2D eigenvalue weighted by molar-refractivity contribution is 6.07. The molecule has 0 saturated carbocycles. The molecule has 0 bridgehead atoms. The number of amides is 1. The highest BCUT2D eigenvalue weighted by Crippen LogP contribution is 2.30. The van der Waals surface area contributed by atoms with Gasteiger partial charge in [0.15, 0.2) is 11.6 Å². The molecule has 2 aromatic carbocycles. The number of fused-ring (bicyclic) bond motifs is 1. The van der Waals surface area contributed by atoms with Crippen LogP contribution < -0.4 is 15.4 Å². The number of alkyl halides is 2. The fourth-order valence-corrected chi connectivity index (χ4v) is 3.43. The van der Waals surface area contributed by atoms with Crippen molar-refractivity contribution in [3.05, 3.63) is 64.9 Å². The van der Waals surface area contributed by atoms with E-state index in [0.29, 0.717) is 11.0 Å². The van der Waals surface area contributed by atoms with Crippen LogP contribution in [0.2, 0.25) is 0 Å². The molecule has 1 saturated heterocycles. The molecule has 2 N–H and O–H groups in total. The van der Waals surface area contributed by atoms with E-state index in [4.69, 9.17) is 9.15 Å². The van der Waals surface area contributed by atoms with Gasteiger partial charge in [-0.15, -0.1) is 0 Å². The number of carbonyl (C=O) groups excluding carboxylic acids is 1. The molecule has 5 nitrogen and oxygen atoms in total. The van der Waals surface area contributed by atoms with Crippen LogP contribution in [0.25, 0.3) is 11.0 Å². The van der Waals surface area contributed by atoms with Gasteiger partial charge < -0.3 is 19.8 Å². The predicted molar refractivity (Wildman–Crippen MR) is 101 cm³/mol. The average Bonchev–Trinajstić information content (AvgIpc) is 3.20. The first-order valence-electron chi connectivity index (χ1n) is 9.24. The molecule has 1 unspecified atom stereocenters. The normalized spacial score (nSPS) is 18.0. The zero-order valence-electron chi connectivity index (χ0n) is 15.9. The van der Waals surface area contributed by atoms with Crippen LogP contribution in [-0.4, -0.2) is 31.0 Å². The molecule has 30 heavy (non-hydrogen) atoms. The van der Waals surface area contributed by atoms with Crippen molar-refractivity contribution in [2.45, 2.75) is 25.5 Å². The van der Waals surface area contributed by atoms with Crippen LogP contribution in [0.1, 0.15) is 21.7 Å². The van der Waals surface area contributed by atoms with Gasteiger partial charge in [-0.1, -0.05) is 12.1 Å². The Morgan fingerprint density at radius 1 is 1.30 bits per heavy atom. The zero-order valence-corrected chi connectivity index (χ0v) is 15.9. The molecule has 0 spiro atoms. The third-order valence-electron chi connectivity index (χ3n) is 5.01. The Balaban J connectivity index is 1.58. The second kappa shape index (κ2) is 7.64. The Morgan fingerprint density at radius 2 is 2.10 bits per heavy atom. The first-order chi connectivity index (χ1) is 14.3. The van der Waals surface area contributed by atoms with Crippen LogP contribution in [0, 0.1) is 18.6 Å². The monoisotopic (exact) mass is 422 g/mol. The van der Waals surface area contributed by atoms with Gasteiger partial charge in [0.05, 0.1) is 12.1 Å². The smallest absolute Gasteiger partial charge is 0.281 e. The summed E-state index contributed by atoms with van der Waals surface area (Å²) < 4.78 is 65.9. The summed E-state index contributed by atoms with van der Waals surface area (Å²) in [6.45, 7) is 0.787. The molecular weight excluding hydrogens is 404 g/mol. The molecule has 3 aromatic rings. The Labute approximate surface area is 169 Å². The molecule has 4 rings (SSSR count). The number of hydrogen-bond acceptors (Lipinski definition) is 4. The van der Waals surface area contributed by atoms with Crippen LogP contribution in [-0.2, 0) is 6.61 Å². The first-order valence-corrected chi connectivity index (χ1v) is 9.24. The molecule has 1 fully saturated rings. The molecular formula is C21H18F4N2O3. The fraction of sp³-hybridized carbons (Fsp3) is 0.286. The van der Waals surface area contributed by atoms with Crippen molar-refractivity contribution >= 4 is 16.9 Å². The maximum atomic E-state index is 13.8.